The minimum Gasteiger partial charge on any atom is -0.457 e. The third kappa shape index (κ3) is 5.56. The van der Waals surface area contributed by atoms with Crippen LogP contribution >= 0.6 is 0 Å². The maximum atomic E-state index is 6.33. The SMILES string of the molecule is Cc1ccc(Oc2c3cccc2CNCCCN(C)CCCNC3)cc1. The van der Waals surface area contributed by atoms with E-state index in [1.54, 1.807) is 0 Å². The summed E-state index contributed by atoms with van der Waals surface area (Å²) in [4.78, 5) is 2.42. The van der Waals surface area contributed by atoms with Crippen molar-refractivity contribution in [3.8, 4) is 11.5 Å². The molecule has 1 aliphatic rings. The summed E-state index contributed by atoms with van der Waals surface area (Å²) in [5.74, 6) is 1.89. The molecule has 0 unspecified atom stereocenters. The second-order valence-corrected chi connectivity index (χ2v) is 7.18. The van der Waals surface area contributed by atoms with Gasteiger partial charge in [-0.25, -0.2) is 0 Å². The molecule has 140 valence electrons. The van der Waals surface area contributed by atoms with Crippen LogP contribution in [0.2, 0.25) is 0 Å². The van der Waals surface area contributed by atoms with E-state index >= 15 is 0 Å². The van der Waals surface area contributed by atoms with Crippen molar-refractivity contribution in [2.24, 2.45) is 0 Å². The number of hydrogen-bond donors (Lipinski definition) is 2. The summed E-state index contributed by atoms with van der Waals surface area (Å²) >= 11 is 0. The highest BCUT2D eigenvalue weighted by molar-refractivity contribution is 5.45. The Morgan fingerprint density at radius 3 is 2.00 bits per heavy atom. The van der Waals surface area contributed by atoms with Crippen molar-refractivity contribution in [3.63, 3.8) is 0 Å². The van der Waals surface area contributed by atoms with Gasteiger partial charge in [-0.05, 0) is 65.1 Å². The Hall–Kier alpha value is -1.88. The van der Waals surface area contributed by atoms with E-state index in [4.69, 9.17) is 4.74 Å². The number of fused-ring (bicyclic) bond motifs is 2. The zero-order valence-electron chi connectivity index (χ0n) is 16.1. The van der Waals surface area contributed by atoms with Gasteiger partial charge in [0.25, 0.3) is 0 Å². The summed E-state index contributed by atoms with van der Waals surface area (Å²) < 4.78 is 6.33. The molecule has 3 rings (SSSR count). The molecule has 0 atom stereocenters. The van der Waals surface area contributed by atoms with E-state index in [1.807, 2.05) is 12.1 Å². The number of hydrogen-bond acceptors (Lipinski definition) is 4. The summed E-state index contributed by atoms with van der Waals surface area (Å²) in [7, 11) is 2.21. The van der Waals surface area contributed by atoms with Gasteiger partial charge in [-0.1, -0.05) is 35.9 Å². The van der Waals surface area contributed by atoms with Crippen molar-refractivity contribution in [2.45, 2.75) is 32.9 Å². The lowest BCUT2D eigenvalue weighted by Crippen LogP contribution is -2.28. The van der Waals surface area contributed by atoms with Crippen molar-refractivity contribution in [2.75, 3.05) is 33.2 Å². The molecule has 0 amide bonds. The van der Waals surface area contributed by atoms with Crippen LogP contribution in [-0.4, -0.2) is 38.1 Å². The van der Waals surface area contributed by atoms with Gasteiger partial charge in [0.1, 0.15) is 11.5 Å². The topological polar surface area (TPSA) is 36.5 Å². The average Bonchev–Trinajstić information content (AvgIpc) is 2.64. The molecular weight excluding hydrogens is 322 g/mol. The highest BCUT2D eigenvalue weighted by Gasteiger charge is 2.12. The molecule has 0 aliphatic carbocycles. The minimum atomic E-state index is 0.832. The number of nitrogens with zero attached hydrogens (tertiary/aromatic N) is 1. The van der Waals surface area contributed by atoms with Gasteiger partial charge in [-0.2, -0.15) is 0 Å². The summed E-state index contributed by atoms with van der Waals surface area (Å²) in [6.07, 6.45) is 2.33. The summed E-state index contributed by atoms with van der Waals surface area (Å²) in [5, 5.41) is 7.15. The van der Waals surface area contributed by atoms with Gasteiger partial charge in [0.2, 0.25) is 0 Å². The molecule has 2 N–H and O–H groups in total. The Morgan fingerprint density at radius 1 is 0.846 bits per heavy atom. The van der Waals surface area contributed by atoms with Gasteiger partial charge in [0.05, 0.1) is 0 Å². The molecule has 2 bridgehead atoms. The van der Waals surface area contributed by atoms with E-state index < -0.39 is 0 Å². The van der Waals surface area contributed by atoms with Crippen LogP contribution in [0.15, 0.2) is 42.5 Å². The van der Waals surface area contributed by atoms with Crippen molar-refractivity contribution in [1.82, 2.24) is 15.5 Å². The van der Waals surface area contributed by atoms with Crippen molar-refractivity contribution in [1.29, 1.82) is 0 Å². The third-order valence-corrected chi connectivity index (χ3v) is 4.84. The van der Waals surface area contributed by atoms with Crippen molar-refractivity contribution in [3.05, 3.63) is 59.2 Å². The smallest absolute Gasteiger partial charge is 0.136 e. The van der Waals surface area contributed by atoms with E-state index in [9.17, 15) is 0 Å². The summed E-state index contributed by atoms with van der Waals surface area (Å²) in [6, 6.07) is 14.7. The van der Waals surface area contributed by atoms with Gasteiger partial charge in [0, 0.05) is 24.2 Å². The van der Waals surface area contributed by atoms with E-state index in [2.05, 4.69) is 59.8 Å². The molecule has 26 heavy (non-hydrogen) atoms. The minimum absolute atomic E-state index is 0.832. The molecule has 0 aromatic heterocycles. The van der Waals surface area contributed by atoms with Crippen LogP contribution < -0.4 is 15.4 Å². The van der Waals surface area contributed by atoms with Crippen LogP contribution in [-0.2, 0) is 13.1 Å². The Kier molecular flexibility index (Phi) is 7.06. The van der Waals surface area contributed by atoms with Gasteiger partial charge in [-0.3, -0.25) is 0 Å². The van der Waals surface area contributed by atoms with E-state index in [0.717, 1.165) is 63.6 Å². The largest absolute Gasteiger partial charge is 0.457 e. The molecular formula is C22H31N3O. The third-order valence-electron chi connectivity index (χ3n) is 4.84. The monoisotopic (exact) mass is 353 g/mol. The van der Waals surface area contributed by atoms with Crippen molar-refractivity contribution >= 4 is 0 Å². The average molecular weight is 354 g/mol. The van der Waals surface area contributed by atoms with Crippen LogP contribution in [0.1, 0.15) is 29.5 Å². The number of aryl methyl sites for hydroxylation is 1. The molecule has 2 aromatic carbocycles. The van der Waals surface area contributed by atoms with Crippen LogP contribution in [0.25, 0.3) is 0 Å². The number of para-hydroxylation sites is 1. The number of rotatable bonds is 2. The first kappa shape index (κ1) is 18.9. The summed E-state index contributed by atoms with van der Waals surface area (Å²) in [5.41, 5.74) is 3.68. The Balaban J connectivity index is 1.79. The maximum absolute atomic E-state index is 6.33. The molecule has 4 nitrogen and oxygen atoms in total. The quantitative estimate of drug-likeness (QED) is 0.863. The van der Waals surface area contributed by atoms with E-state index in [1.165, 1.54) is 16.7 Å². The van der Waals surface area contributed by atoms with Crippen LogP contribution in [0.3, 0.4) is 0 Å². The second kappa shape index (κ2) is 9.72. The maximum Gasteiger partial charge on any atom is 0.136 e. The molecule has 0 fully saturated rings. The first-order valence-corrected chi connectivity index (χ1v) is 9.67. The number of nitrogens with one attached hydrogen (secondary N) is 2. The zero-order chi connectivity index (χ0) is 18.2. The highest BCUT2D eigenvalue weighted by Crippen LogP contribution is 2.30. The van der Waals surface area contributed by atoms with E-state index in [0.29, 0.717) is 0 Å². The lowest BCUT2D eigenvalue weighted by molar-refractivity contribution is 0.319. The molecule has 0 radical (unpaired) electrons. The first-order chi connectivity index (χ1) is 12.7. The van der Waals surface area contributed by atoms with Crippen LogP contribution in [0.5, 0.6) is 11.5 Å². The van der Waals surface area contributed by atoms with Gasteiger partial charge < -0.3 is 20.3 Å². The molecule has 1 aliphatic heterocycles. The van der Waals surface area contributed by atoms with E-state index in [-0.39, 0.29) is 0 Å². The van der Waals surface area contributed by atoms with Crippen LogP contribution in [0, 0.1) is 6.92 Å². The normalized spacial score (nSPS) is 17.5. The fourth-order valence-electron chi connectivity index (χ4n) is 3.28. The Bertz CT molecular complexity index is 652. The zero-order valence-corrected chi connectivity index (χ0v) is 16.1. The fourth-order valence-corrected chi connectivity index (χ4v) is 3.28. The van der Waals surface area contributed by atoms with Crippen molar-refractivity contribution < 1.29 is 4.74 Å². The number of ether oxygens (including phenoxy) is 1. The lowest BCUT2D eigenvalue weighted by Gasteiger charge is -2.20. The molecule has 4 heteroatoms. The summed E-state index contributed by atoms with van der Waals surface area (Å²) in [6.45, 7) is 8.09. The Morgan fingerprint density at radius 2 is 1.42 bits per heavy atom. The predicted molar refractivity (Wildman–Crippen MR) is 108 cm³/mol. The fraction of sp³-hybridized carbons (Fsp3) is 0.455. The van der Waals surface area contributed by atoms with Gasteiger partial charge in [0.15, 0.2) is 0 Å². The highest BCUT2D eigenvalue weighted by atomic mass is 16.5. The number of benzene rings is 2. The molecule has 2 aromatic rings. The Labute approximate surface area is 157 Å². The lowest BCUT2D eigenvalue weighted by atomic mass is 10.1. The predicted octanol–water partition coefficient (Wildman–Crippen LogP) is 3.69. The second-order valence-electron chi connectivity index (χ2n) is 7.18. The first-order valence-electron chi connectivity index (χ1n) is 9.67. The standard InChI is InChI=1S/C22H31N3O/c1-18-8-10-21(11-9-18)26-22-19-6-3-7-20(22)17-24-13-5-15-25(2)14-4-12-23-16-19/h3,6-11,23-24H,4-5,12-17H2,1-2H3. The molecule has 0 saturated carbocycles. The molecule has 0 spiro atoms. The molecule has 0 saturated heterocycles. The van der Waals surface area contributed by atoms with Crippen LogP contribution in [0.4, 0.5) is 0 Å². The van der Waals surface area contributed by atoms with Gasteiger partial charge in [-0.15, -0.1) is 0 Å². The van der Waals surface area contributed by atoms with Gasteiger partial charge >= 0.3 is 0 Å². The molecule has 1 heterocycles.